The fraction of sp³-hybridized carbons (Fsp3) is 0.680. The summed E-state index contributed by atoms with van der Waals surface area (Å²) >= 11 is 0. The third-order valence-electron chi connectivity index (χ3n) is 8.09. The molecule has 5 unspecified atom stereocenters. The van der Waals surface area contributed by atoms with Gasteiger partial charge in [0.2, 0.25) is 0 Å². The molecule has 32 heavy (non-hydrogen) atoms. The van der Waals surface area contributed by atoms with Crippen LogP contribution < -0.4 is 5.32 Å². The summed E-state index contributed by atoms with van der Waals surface area (Å²) in [6, 6.07) is 4.35. The van der Waals surface area contributed by atoms with Crippen molar-refractivity contribution in [2.45, 2.75) is 64.7 Å². The molecule has 0 aromatic heterocycles. The average Bonchev–Trinajstić information content (AvgIpc) is 2.73. The highest BCUT2D eigenvalue weighted by molar-refractivity contribution is 7.85. The predicted molar refractivity (Wildman–Crippen MR) is 125 cm³/mol. The number of rotatable bonds is 6. The van der Waals surface area contributed by atoms with E-state index in [1.54, 1.807) is 6.07 Å². The number of phenolic OH excluding ortho intramolecular Hbond substituents is 1. The fourth-order valence-electron chi connectivity index (χ4n) is 6.40. The molecule has 6 nitrogen and oxygen atoms in total. The molecular formula is C25H37NO5S. The number of phenols is 1. The van der Waals surface area contributed by atoms with Crippen molar-refractivity contribution in [3.63, 3.8) is 0 Å². The Balaban J connectivity index is 1.81. The molecule has 2 aliphatic carbocycles. The molecule has 7 heteroatoms. The van der Waals surface area contributed by atoms with E-state index in [0.717, 1.165) is 12.8 Å². The molecule has 2 aliphatic rings. The molecule has 2 saturated carbocycles. The molecule has 3 rings (SSSR count). The van der Waals surface area contributed by atoms with Crippen molar-refractivity contribution in [2.24, 2.45) is 28.6 Å². The normalized spacial score (nSPS) is 30.1. The Labute approximate surface area is 194 Å². The van der Waals surface area contributed by atoms with E-state index < -0.39 is 22.7 Å². The lowest BCUT2D eigenvalue weighted by molar-refractivity contribution is -0.139. The Hall–Kier alpha value is -1.89. The minimum absolute atomic E-state index is 0.112. The van der Waals surface area contributed by atoms with Crippen LogP contribution in [0.25, 0.3) is 0 Å². The van der Waals surface area contributed by atoms with Gasteiger partial charge in [-0.2, -0.15) is 0 Å². The average molecular weight is 464 g/mol. The highest BCUT2D eigenvalue weighted by Crippen LogP contribution is 2.61. The molecule has 0 spiro atoms. The number of benzene rings is 1. The minimum Gasteiger partial charge on any atom is -0.508 e. The van der Waals surface area contributed by atoms with Crippen LogP contribution in [0.15, 0.2) is 23.1 Å². The first-order valence-corrected chi connectivity index (χ1v) is 12.9. The van der Waals surface area contributed by atoms with Crippen molar-refractivity contribution in [1.82, 2.24) is 5.32 Å². The number of ether oxygens (including phenoxy) is 1. The quantitative estimate of drug-likeness (QED) is 0.614. The summed E-state index contributed by atoms with van der Waals surface area (Å²) < 4.78 is 18.0. The zero-order chi connectivity index (χ0) is 23.7. The monoisotopic (exact) mass is 463 g/mol. The molecule has 0 bridgehead atoms. The summed E-state index contributed by atoms with van der Waals surface area (Å²) in [5, 5.41) is 12.6. The molecule has 1 aromatic rings. The summed E-state index contributed by atoms with van der Waals surface area (Å²) in [5.41, 5.74) is 0.618. The van der Waals surface area contributed by atoms with Gasteiger partial charge in [0, 0.05) is 16.2 Å². The van der Waals surface area contributed by atoms with Gasteiger partial charge in [-0.15, -0.1) is 0 Å². The Bertz CT molecular complexity index is 898. The SMILES string of the molecule is COC(=O)CNC(=O)c1cc(O)cc(S(=O)CC2C(C)CCC3C(C)(C)CCCC23C)c1. The van der Waals surface area contributed by atoms with Crippen molar-refractivity contribution in [3.8, 4) is 5.75 Å². The number of aromatic hydroxyl groups is 1. The fourth-order valence-corrected chi connectivity index (χ4v) is 8.14. The molecule has 0 heterocycles. The first-order chi connectivity index (χ1) is 15.0. The maximum Gasteiger partial charge on any atom is 0.325 e. The largest absolute Gasteiger partial charge is 0.508 e. The second-order valence-corrected chi connectivity index (χ2v) is 12.0. The zero-order valence-electron chi connectivity index (χ0n) is 19.9. The molecule has 1 amide bonds. The Morgan fingerprint density at radius 3 is 2.59 bits per heavy atom. The van der Waals surface area contributed by atoms with Crippen LogP contribution in [0.4, 0.5) is 0 Å². The maximum atomic E-state index is 13.5. The molecule has 0 aliphatic heterocycles. The molecule has 2 fully saturated rings. The topological polar surface area (TPSA) is 92.7 Å². The van der Waals surface area contributed by atoms with Crippen molar-refractivity contribution < 1.29 is 23.6 Å². The molecular weight excluding hydrogens is 426 g/mol. The third-order valence-corrected chi connectivity index (χ3v) is 9.51. The summed E-state index contributed by atoms with van der Waals surface area (Å²) in [7, 11) is -0.106. The number of hydrogen-bond donors (Lipinski definition) is 2. The van der Waals surface area contributed by atoms with Gasteiger partial charge in [-0.05, 0) is 66.0 Å². The summed E-state index contributed by atoms with van der Waals surface area (Å²) in [4.78, 5) is 24.2. The van der Waals surface area contributed by atoms with E-state index in [1.165, 1.54) is 38.5 Å². The van der Waals surface area contributed by atoms with E-state index in [9.17, 15) is 18.9 Å². The van der Waals surface area contributed by atoms with Crippen molar-refractivity contribution in [2.75, 3.05) is 19.4 Å². The van der Waals surface area contributed by atoms with Crippen LogP contribution in [-0.4, -0.2) is 40.6 Å². The number of nitrogens with one attached hydrogen (secondary N) is 1. The third kappa shape index (κ3) is 5.03. The number of amides is 1. The van der Waals surface area contributed by atoms with Gasteiger partial charge in [-0.1, -0.05) is 40.5 Å². The number of esters is 1. The number of fused-ring (bicyclic) bond motifs is 1. The van der Waals surface area contributed by atoms with Gasteiger partial charge >= 0.3 is 5.97 Å². The van der Waals surface area contributed by atoms with E-state index in [4.69, 9.17) is 0 Å². The van der Waals surface area contributed by atoms with E-state index in [2.05, 4.69) is 37.7 Å². The van der Waals surface area contributed by atoms with Gasteiger partial charge in [0.25, 0.3) is 5.91 Å². The number of carbonyl (C=O) groups excluding carboxylic acids is 2. The number of methoxy groups -OCH3 is 1. The Morgan fingerprint density at radius 1 is 1.19 bits per heavy atom. The van der Waals surface area contributed by atoms with Crippen LogP contribution in [0.3, 0.4) is 0 Å². The molecule has 0 saturated heterocycles. The van der Waals surface area contributed by atoms with Crippen molar-refractivity contribution in [1.29, 1.82) is 0 Å². The summed E-state index contributed by atoms with van der Waals surface area (Å²) in [5.74, 6) is 0.749. The van der Waals surface area contributed by atoms with E-state index in [-0.39, 0.29) is 23.3 Å². The van der Waals surface area contributed by atoms with Gasteiger partial charge in [-0.3, -0.25) is 13.8 Å². The van der Waals surface area contributed by atoms with Gasteiger partial charge in [0.1, 0.15) is 12.3 Å². The number of carbonyl (C=O) groups is 2. The molecule has 0 radical (unpaired) electrons. The smallest absolute Gasteiger partial charge is 0.325 e. The van der Waals surface area contributed by atoms with Crippen molar-refractivity contribution >= 4 is 22.7 Å². The lowest BCUT2D eigenvalue weighted by Gasteiger charge is -2.59. The molecule has 2 N–H and O–H groups in total. The van der Waals surface area contributed by atoms with Crippen LogP contribution in [0.2, 0.25) is 0 Å². The van der Waals surface area contributed by atoms with Crippen LogP contribution in [0.1, 0.15) is 70.2 Å². The lowest BCUT2D eigenvalue weighted by Crippen LogP contribution is -2.52. The summed E-state index contributed by atoms with van der Waals surface area (Å²) in [6.45, 7) is 9.17. The Morgan fingerprint density at radius 2 is 1.91 bits per heavy atom. The molecule has 5 atom stereocenters. The molecule has 178 valence electrons. The predicted octanol–water partition coefficient (Wildman–Crippen LogP) is 4.28. The van der Waals surface area contributed by atoms with Crippen molar-refractivity contribution in [3.05, 3.63) is 23.8 Å². The van der Waals surface area contributed by atoms with Gasteiger partial charge in [0.15, 0.2) is 0 Å². The van der Waals surface area contributed by atoms with Gasteiger partial charge < -0.3 is 15.2 Å². The van der Waals surface area contributed by atoms with Crippen LogP contribution in [-0.2, 0) is 20.3 Å². The van der Waals surface area contributed by atoms with Gasteiger partial charge in [0.05, 0.1) is 17.9 Å². The Kier molecular flexibility index (Phi) is 7.38. The van der Waals surface area contributed by atoms with E-state index >= 15 is 0 Å². The lowest BCUT2D eigenvalue weighted by atomic mass is 9.47. The van der Waals surface area contributed by atoms with E-state index in [0.29, 0.717) is 33.8 Å². The van der Waals surface area contributed by atoms with Crippen LogP contribution in [0.5, 0.6) is 5.75 Å². The first kappa shape index (κ1) is 24.7. The van der Waals surface area contributed by atoms with Crippen LogP contribution in [0, 0.1) is 28.6 Å². The highest BCUT2D eigenvalue weighted by atomic mass is 32.2. The standard InChI is InChI=1S/C25H37NO5S/c1-16-7-8-21-24(2,3)9-6-10-25(21,4)20(16)15-32(30)19-12-17(11-18(27)13-19)23(29)26-14-22(28)31-5/h11-13,16,20-21,27H,6-10,14-15H2,1-5H3,(H,26,29). The molecule has 1 aromatic carbocycles. The summed E-state index contributed by atoms with van der Waals surface area (Å²) in [6.07, 6.45) is 5.98. The number of hydrogen-bond acceptors (Lipinski definition) is 5. The maximum absolute atomic E-state index is 13.5. The second kappa shape index (κ2) is 9.54. The van der Waals surface area contributed by atoms with Crippen LogP contribution >= 0.6 is 0 Å². The zero-order valence-corrected chi connectivity index (χ0v) is 20.7. The van der Waals surface area contributed by atoms with Gasteiger partial charge in [-0.25, -0.2) is 0 Å². The van der Waals surface area contributed by atoms with E-state index in [1.807, 2.05) is 0 Å². The second-order valence-electron chi connectivity index (χ2n) is 10.5. The minimum atomic E-state index is -1.35. The highest BCUT2D eigenvalue weighted by Gasteiger charge is 2.53. The first-order valence-electron chi connectivity index (χ1n) is 11.6.